The average Bonchev–Trinajstić information content (AvgIpc) is 3.29. The van der Waals surface area contributed by atoms with Crippen LogP contribution in [0.25, 0.3) is 0 Å². The molecular weight excluding hydrogens is 384 g/mol. The summed E-state index contributed by atoms with van der Waals surface area (Å²) in [5.74, 6) is 2.24. The summed E-state index contributed by atoms with van der Waals surface area (Å²) in [6.45, 7) is 9.53. The molecule has 3 heteroatoms. The van der Waals surface area contributed by atoms with Gasteiger partial charge in [0.2, 0.25) is 0 Å². The van der Waals surface area contributed by atoms with Crippen LogP contribution in [0.5, 0.6) is 0 Å². The first-order valence-corrected chi connectivity index (χ1v) is 12.8. The van der Waals surface area contributed by atoms with Crippen LogP contribution in [-0.4, -0.2) is 34.6 Å². The predicted molar refractivity (Wildman–Crippen MR) is 127 cm³/mol. The first-order valence-electron chi connectivity index (χ1n) is 12.8. The number of hydrogen-bond acceptors (Lipinski definition) is 3. The Morgan fingerprint density at radius 3 is 2.84 bits per heavy atom. The van der Waals surface area contributed by atoms with E-state index in [1.54, 1.807) is 5.57 Å². The van der Waals surface area contributed by atoms with Crippen molar-refractivity contribution in [1.82, 2.24) is 0 Å². The van der Waals surface area contributed by atoms with Gasteiger partial charge in [0.1, 0.15) is 0 Å². The fourth-order valence-electron chi connectivity index (χ4n) is 7.34. The molecule has 0 aromatic carbocycles. The molecule has 2 N–H and O–H groups in total. The van der Waals surface area contributed by atoms with Gasteiger partial charge in [0.25, 0.3) is 0 Å². The molecule has 31 heavy (non-hydrogen) atoms. The van der Waals surface area contributed by atoms with Crippen LogP contribution >= 0.6 is 0 Å². The summed E-state index contributed by atoms with van der Waals surface area (Å²) in [7, 11) is 0. The molecule has 6 atom stereocenters. The molecule has 0 aromatic heterocycles. The Morgan fingerprint density at radius 2 is 2.06 bits per heavy atom. The maximum atomic E-state index is 10.5. The number of aliphatic hydroxyl groups excluding tert-OH is 1. The number of hydrogen-bond donors (Lipinski definition) is 2. The van der Waals surface area contributed by atoms with E-state index in [0.29, 0.717) is 17.9 Å². The van der Waals surface area contributed by atoms with Crippen LogP contribution in [0.15, 0.2) is 34.9 Å². The van der Waals surface area contributed by atoms with Crippen molar-refractivity contribution in [2.75, 3.05) is 6.61 Å². The summed E-state index contributed by atoms with van der Waals surface area (Å²) in [6, 6.07) is 0. The molecule has 0 spiro atoms. The topological polar surface area (TPSA) is 49.7 Å². The summed E-state index contributed by atoms with van der Waals surface area (Å²) in [5, 5.41) is 20.5. The molecule has 1 heterocycles. The van der Waals surface area contributed by atoms with E-state index in [1.165, 1.54) is 44.1 Å². The van der Waals surface area contributed by atoms with E-state index < -0.39 is 5.60 Å². The Balaban J connectivity index is 1.42. The zero-order valence-electron chi connectivity index (χ0n) is 20.2. The molecule has 1 aliphatic heterocycles. The standard InChI is InChI=1S/C28H44O3/c1-19(7-5-14-27(2,3)30)23-11-12-24-21(8-6-15-28(23,24)4)10-9-20-17-25(29)22-13-16-31-26(22)18-20/h9-10,13,19,23-26,29-30H,5-8,11-12,14-18H2,1-4H3/b20-9+,21-10+/t19-,23?,24?,25-,26-,28-/m1/s1. The zero-order valence-corrected chi connectivity index (χ0v) is 20.2. The van der Waals surface area contributed by atoms with Crippen molar-refractivity contribution in [1.29, 1.82) is 0 Å². The van der Waals surface area contributed by atoms with Crippen molar-refractivity contribution in [3.8, 4) is 0 Å². The zero-order chi connectivity index (χ0) is 22.2. The highest BCUT2D eigenvalue weighted by Gasteiger charge is 2.50. The molecule has 2 unspecified atom stereocenters. The molecular formula is C28H44O3. The Morgan fingerprint density at radius 1 is 1.26 bits per heavy atom. The molecule has 3 fully saturated rings. The second-order valence-electron chi connectivity index (χ2n) is 11.8. The molecule has 3 aliphatic carbocycles. The summed E-state index contributed by atoms with van der Waals surface area (Å²) >= 11 is 0. The lowest BCUT2D eigenvalue weighted by atomic mass is 9.60. The number of fused-ring (bicyclic) bond motifs is 2. The fraction of sp³-hybridized carbons (Fsp3) is 0.786. The Hall–Kier alpha value is -0.900. The van der Waals surface area contributed by atoms with Crippen molar-refractivity contribution in [2.24, 2.45) is 23.2 Å². The highest BCUT2D eigenvalue weighted by molar-refractivity contribution is 5.32. The van der Waals surface area contributed by atoms with Crippen molar-refractivity contribution in [3.63, 3.8) is 0 Å². The van der Waals surface area contributed by atoms with Gasteiger partial charge in [-0.2, -0.15) is 0 Å². The largest absolute Gasteiger partial charge is 0.390 e. The molecule has 174 valence electrons. The van der Waals surface area contributed by atoms with E-state index in [1.807, 2.05) is 13.8 Å². The highest BCUT2D eigenvalue weighted by atomic mass is 16.5. The summed E-state index contributed by atoms with van der Waals surface area (Å²) in [6.07, 6.45) is 18.1. The summed E-state index contributed by atoms with van der Waals surface area (Å²) in [4.78, 5) is 0. The molecule has 4 rings (SSSR count). The third-order valence-corrected chi connectivity index (χ3v) is 8.98. The van der Waals surface area contributed by atoms with E-state index in [9.17, 15) is 10.2 Å². The smallest absolute Gasteiger partial charge is 0.0852 e. The lowest BCUT2D eigenvalue weighted by molar-refractivity contribution is 0.0596. The maximum absolute atomic E-state index is 10.5. The van der Waals surface area contributed by atoms with Gasteiger partial charge in [0.05, 0.1) is 24.4 Å². The van der Waals surface area contributed by atoms with Crippen LogP contribution in [0.4, 0.5) is 0 Å². The monoisotopic (exact) mass is 428 g/mol. The van der Waals surface area contributed by atoms with Gasteiger partial charge >= 0.3 is 0 Å². The third-order valence-electron chi connectivity index (χ3n) is 8.98. The van der Waals surface area contributed by atoms with Gasteiger partial charge in [-0.25, -0.2) is 0 Å². The normalized spacial score (nSPS) is 39.5. The van der Waals surface area contributed by atoms with Crippen LogP contribution in [0, 0.1) is 23.2 Å². The minimum atomic E-state index is -0.539. The van der Waals surface area contributed by atoms with Crippen LogP contribution < -0.4 is 0 Å². The number of aliphatic hydroxyl groups is 2. The molecule has 0 bridgehead atoms. The molecule has 0 radical (unpaired) electrons. The Kier molecular flexibility index (Phi) is 6.87. The number of rotatable bonds is 6. The quantitative estimate of drug-likeness (QED) is 0.502. The van der Waals surface area contributed by atoms with Crippen molar-refractivity contribution in [2.45, 2.75) is 110 Å². The summed E-state index contributed by atoms with van der Waals surface area (Å²) < 4.78 is 5.80. The van der Waals surface area contributed by atoms with Crippen LogP contribution in [0.2, 0.25) is 0 Å². The second-order valence-corrected chi connectivity index (χ2v) is 11.8. The second kappa shape index (κ2) is 9.15. The molecule has 0 saturated heterocycles. The molecule has 3 saturated carbocycles. The van der Waals surface area contributed by atoms with E-state index in [-0.39, 0.29) is 12.2 Å². The third kappa shape index (κ3) is 5.04. The lowest BCUT2D eigenvalue weighted by Gasteiger charge is -2.44. The Labute approximate surface area is 189 Å². The van der Waals surface area contributed by atoms with Gasteiger partial charge in [0, 0.05) is 0 Å². The fourth-order valence-corrected chi connectivity index (χ4v) is 7.34. The SMILES string of the molecule is C[C@H](CCCC(C)(C)O)C1CCC2/C(=C/C=C3\C[C@@H](O)C4=CCO[C@@H]4C3)CCC[C@@]21C. The number of allylic oxidation sites excluding steroid dienone is 3. The van der Waals surface area contributed by atoms with Gasteiger partial charge in [-0.05, 0) is 94.0 Å². The average molecular weight is 429 g/mol. The van der Waals surface area contributed by atoms with Gasteiger partial charge in [-0.15, -0.1) is 0 Å². The molecule has 0 aromatic rings. The minimum Gasteiger partial charge on any atom is -0.390 e. The molecule has 4 aliphatic rings. The van der Waals surface area contributed by atoms with Gasteiger partial charge in [-0.1, -0.05) is 56.1 Å². The van der Waals surface area contributed by atoms with E-state index >= 15 is 0 Å². The van der Waals surface area contributed by atoms with Crippen LogP contribution in [-0.2, 0) is 4.74 Å². The van der Waals surface area contributed by atoms with E-state index in [2.05, 4.69) is 32.1 Å². The lowest BCUT2D eigenvalue weighted by Crippen LogP contribution is -2.36. The van der Waals surface area contributed by atoms with Crippen LogP contribution in [0.3, 0.4) is 0 Å². The van der Waals surface area contributed by atoms with Crippen molar-refractivity contribution in [3.05, 3.63) is 34.9 Å². The van der Waals surface area contributed by atoms with E-state index in [4.69, 9.17) is 4.74 Å². The minimum absolute atomic E-state index is 0.102. The van der Waals surface area contributed by atoms with Crippen molar-refractivity contribution < 1.29 is 14.9 Å². The molecule has 3 nitrogen and oxygen atoms in total. The summed E-state index contributed by atoms with van der Waals surface area (Å²) in [5.41, 5.74) is 3.98. The van der Waals surface area contributed by atoms with Crippen LogP contribution in [0.1, 0.15) is 91.9 Å². The van der Waals surface area contributed by atoms with Gasteiger partial charge in [0.15, 0.2) is 0 Å². The number of ether oxygens (including phenoxy) is 1. The predicted octanol–water partition coefficient (Wildman–Crippen LogP) is 6.11. The Bertz CT molecular complexity index is 740. The highest BCUT2D eigenvalue weighted by Crippen LogP contribution is 2.60. The van der Waals surface area contributed by atoms with Crippen molar-refractivity contribution >= 4 is 0 Å². The molecule has 0 amide bonds. The van der Waals surface area contributed by atoms with Gasteiger partial charge < -0.3 is 14.9 Å². The first kappa shape index (κ1) is 23.3. The van der Waals surface area contributed by atoms with Gasteiger partial charge in [-0.3, -0.25) is 0 Å². The maximum Gasteiger partial charge on any atom is 0.0852 e. The van der Waals surface area contributed by atoms with E-state index in [0.717, 1.165) is 43.1 Å². The first-order chi connectivity index (χ1) is 14.7.